The van der Waals surface area contributed by atoms with Crippen molar-refractivity contribution in [3.05, 3.63) is 52.2 Å². The number of amides is 2. The molecule has 154 valence electrons. The first-order valence-electron chi connectivity index (χ1n) is 9.49. The lowest BCUT2D eigenvalue weighted by Gasteiger charge is -2.22. The number of carbonyl (C=O) groups excluding carboxylic acids is 3. The number of ether oxygens (including phenoxy) is 2. The number of rotatable bonds is 8. The van der Waals surface area contributed by atoms with Crippen LogP contribution in [0.1, 0.15) is 28.1 Å². The van der Waals surface area contributed by atoms with E-state index < -0.39 is 12.0 Å². The molecule has 8 heteroatoms. The fourth-order valence-corrected chi connectivity index (χ4v) is 3.90. The summed E-state index contributed by atoms with van der Waals surface area (Å²) in [6.07, 6.45) is 1.95. The van der Waals surface area contributed by atoms with Crippen molar-refractivity contribution in [1.29, 1.82) is 0 Å². The van der Waals surface area contributed by atoms with E-state index in [0.29, 0.717) is 30.8 Å². The van der Waals surface area contributed by atoms with Crippen LogP contribution in [0.2, 0.25) is 0 Å². The van der Waals surface area contributed by atoms with Gasteiger partial charge < -0.3 is 19.7 Å². The van der Waals surface area contributed by atoms with E-state index in [1.165, 1.54) is 16.2 Å². The first kappa shape index (κ1) is 20.9. The molecule has 0 aliphatic carbocycles. The lowest BCUT2D eigenvalue weighted by Crippen LogP contribution is -2.42. The third-order valence-electron chi connectivity index (χ3n) is 4.76. The molecule has 0 unspecified atom stereocenters. The highest BCUT2D eigenvalue weighted by atomic mass is 32.1. The van der Waals surface area contributed by atoms with Crippen LogP contribution < -0.4 is 10.1 Å². The number of methoxy groups -OCH3 is 1. The van der Waals surface area contributed by atoms with Crippen LogP contribution >= 0.6 is 11.3 Å². The Morgan fingerprint density at radius 3 is 2.69 bits per heavy atom. The Morgan fingerprint density at radius 2 is 2.00 bits per heavy atom. The molecule has 0 bridgehead atoms. The number of hydrogen-bond donors (Lipinski definition) is 1. The Morgan fingerprint density at radius 1 is 1.21 bits per heavy atom. The van der Waals surface area contributed by atoms with E-state index in [4.69, 9.17) is 9.47 Å². The molecule has 1 fully saturated rings. The Kier molecular flexibility index (Phi) is 7.24. The SMILES string of the molecule is COc1ccc(CCNC(=O)COC(=O)[C@@H]2CCCN2C(=O)c2cccs2)cc1. The van der Waals surface area contributed by atoms with Gasteiger partial charge in [-0.25, -0.2) is 4.79 Å². The van der Waals surface area contributed by atoms with Crippen LogP contribution in [0.25, 0.3) is 0 Å². The van der Waals surface area contributed by atoms with Crippen LogP contribution in [0.5, 0.6) is 5.75 Å². The normalized spacial score (nSPS) is 15.8. The highest BCUT2D eigenvalue weighted by molar-refractivity contribution is 7.12. The fraction of sp³-hybridized carbons (Fsp3) is 0.381. The lowest BCUT2D eigenvalue weighted by atomic mass is 10.1. The van der Waals surface area contributed by atoms with Crippen molar-refractivity contribution >= 4 is 29.1 Å². The monoisotopic (exact) mass is 416 g/mol. The molecule has 2 aromatic rings. The second-order valence-corrected chi connectivity index (χ2v) is 7.64. The minimum absolute atomic E-state index is 0.164. The molecule has 1 aromatic carbocycles. The average Bonchev–Trinajstić information content (AvgIpc) is 3.44. The number of nitrogens with zero attached hydrogens (tertiary/aromatic N) is 1. The predicted octanol–water partition coefficient (Wildman–Crippen LogP) is 2.26. The molecule has 2 amide bonds. The molecule has 1 saturated heterocycles. The maximum absolute atomic E-state index is 12.5. The molecule has 29 heavy (non-hydrogen) atoms. The van der Waals surface area contributed by atoms with Crippen molar-refractivity contribution < 1.29 is 23.9 Å². The van der Waals surface area contributed by atoms with Gasteiger partial charge in [0.15, 0.2) is 6.61 Å². The Hall–Kier alpha value is -2.87. The smallest absolute Gasteiger partial charge is 0.329 e. The van der Waals surface area contributed by atoms with E-state index in [-0.39, 0.29) is 18.4 Å². The molecule has 1 aliphatic rings. The second-order valence-electron chi connectivity index (χ2n) is 6.69. The second kappa shape index (κ2) is 10.1. The van der Waals surface area contributed by atoms with Crippen LogP contribution in [-0.2, 0) is 20.7 Å². The number of thiophene rings is 1. The molecule has 1 aromatic heterocycles. The van der Waals surface area contributed by atoms with Gasteiger partial charge in [-0.05, 0) is 48.4 Å². The maximum atomic E-state index is 12.5. The third kappa shape index (κ3) is 5.57. The quantitative estimate of drug-likeness (QED) is 0.668. The number of likely N-dealkylation sites (tertiary alicyclic amines) is 1. The van der Waals surface area contributed by atoms with Gasteiger partial charge in [0.1, 0.15) is 11.8 Å². The van der Waals surface area contributed by atoms with Gasteiger partial charge in [-0.1, -0.05) is 18.2 Å². The van der Waals surface area contributed by atoms with E-state index in [1.54, 1.807) is 19.2 Å². The van der Waals surface area contributed by atoms with Crippen LogP contribution in [-0.4, -0.2) is 55.5 Å². The van der Waals surface area contributed by atoms with Crippen molar-refractivity contribution in [3.8, 4) is 5.75 Å². The summed E-state index contributed by atoms with van der Waals surface area (Å²) in [6, 6.07) is 10.5. The van der Waals surface area contributed by atoms with Crippen molar-refractivity contribution in [2.24, 2.45) is 0 Å². The molecule has 7 nitrogen and oxygen atoms in total. The fourth-order valence-electron chi connectivity index (χ4n) is 3.22. The molecule has 0 spiro atoms. The van der Waals surface area contributed by atoms with E-state index in [1.807, 2.05) is 29.6 Å². The predicted molar refractivity (Wildman–Crippen MR) is 109 cm³/mol. The summed E-state index contributed by atoms with van der Waals surface area (Å²) in [5.74, 6) is -0.273. The van der Waals surface area contributed by atoms with Crippen molar-refractivity contribution in [2.45, 2.75) is 25.3 Å². The van der Waals surface area contributed by atoms with Gasteiger partial charge in [-0.15, -0.1) is 11.3 Å². The third-order valence-corrected chi connectivity index (χ3v) is 5.62. The molecule has 0 radical (unpaired) electrons. The average molecular weight is 416 g/mol. The number of benzene rings is 1. The van der Waals surface area contributed by atoms with E-state index in [2.05, 4.69) is 5.32 Å². The van der Waals surface area contributed by atoms with Gasteiger partial charge in [0.25, 0.3) is 11.8 Å². The summed E-state index contributed by atoms with van der Waals surface area (Å²) in [4.78, 5) is 39.0. The van der Waals surface area contributed by atoms with Crippen LogP contribution in [0, 0.1) is 0 Å². The van der Waals surface area contributed by atoms with Gasteiger partial charge in [0.05, 0.1) is 12.0 Å². The zero-order valence-corrected chi connectivity index (χ0v) is 17.1. The van der Waals surface area contributed by atoms with Gasteiger partial charge in [0.2, 0.25) is 0 Å². The summed E-state index contributed by atoms with van der Waals surface area (Å²) >= 11 is 1.34. The van der Waals surface area contributed by atoms with Crippen LogP contribution in [0.4, 0.5) is 0 Å². The molecule has 1 N–H and O–H groups in total. The molecule has 0 saturated carbocycles. The summed E-state index contributed by atoms with van der Waals surface area (Å²) in [5.41, 5.74) is 1.07. The molecule has 1 aliphatic heterocycles. The summed E-state index contributed by atoms with van der Waals surface area (Å²) in [6.45, 7) is 0.610. The Labute approximate surface area is 173 Å². The van der Waals surface area contributed by atoms with Gasteiger partial charge in [-0.3, -0.25) is 9.59 Å². The first-order chi connectivity index (χ1) is 14.1. The molecular formula is C21H24N2O5S. The molecular weight excluding hydrogens is 392 g/mol. The maximum Gasteiger partial charge on any atom is 0.329 e. The Balaban J connectivity index is 1.41. The summed E-state index contributed by atoms with van der Waals surface area (Å²) < 4.78 is 10.3. The van der Waals surface area contributed by atoms with Gasteiger partial charge >= 0.3 is 5.97 Å². The first-order valence-corrected chi connectivity index (χ1v) is 10.4. The molecule has 1 atom stereocenters. The van der Waals surface area contributed by atoms with Gasteiger partial charge in [-0.2, -0.15) is 0 Å². The number of carbonyl (C=O) groups is 3. The largest absolute Gasteiger partial charge is 0.497 e. The topological polar surface area (TPSA) is 84.9 Å². The van der Waals surface area contributed by atoms with Crippen molar-refractivity contribution in [1.82, 2.24) is 10.2 Å². The number of esters is 1. The summed E-state index contributed by atoms with van der Waals surface area (Å²) in [7, 11) is 1.61. The highest BCUT2D eigenvalue weighted by Gasteiger charge is 2.36. The van der Waals surface area contributed by atoms with E-state index in [9.17, 15) is 14.4 Å². The van der Waals surface area contributed by atoms with Crippen LogP contribution in [0.3, 0.4) is 0 Å². The minimum Gasteiger partial charge on any atom is -0.497 e. The number of hydrogen-bond acceptors (Lipinski definition) is 6. The standard InChI is InChI=1S/C21H24N2O5S/c1-27-16-8-6-15(7-9-16)10-11-22-19(24)14-28-21(26)17-4-2-12-23(17)20(25)18-5-3-13-29-18/h3,5-9,13,17H,2,4,10-12,14H2,1H3,(H,22,24)/t17-/m0/s1. The minimum atomic E-state index is -0.628. The van der Waals surface area contributed by atoms with Crippen molar-refractivity contribution in [2.75, 3.05) is 26.8 Å². The number of nitrogens with one attached hydrogen (secondary N) is 1. The van der Waals surface area contributed by atoms with Crippen LogP contribution in [0.15, 0.2) is 41.8 Å². The molecule has 3 rings (SSSR count). The zero-order valence-electron chi connectivity index (χ0n) is 16.3. The zero-order chi connectivity index (χ0) is 20.6. The van der Waals surface area contributed by atoms with E-state index >= 15 is 0 Å². The summed E-state index contributed by atoms with van der Waals surface area (Å²) in [5, 5.41) is 4.56. The van der Waals surface area contributed by atoms with Crippen molar-refractivity contribution in [3.63, 3.8) is 0 Å². The highest BCUT2D eigenvalue weighted by Crippen LogP contribution is 2.23. The van der Waals surface area contributed by atoms with Gasteiger partial charge in [0, 0.05) is 13.1 Å². The van der Waals surface area contributed by atoms with E-state index in [0.717, 1.165) is 17.7 Å². The Bertz CT molecular complexity index is 835. The molecule has 2 heterocycles. The lowest BCUT2D eigenvalue weighted by molar-refractivity contribution is -0.152.